The largest absolute Gasteiger partial charge is 0.396 e. The highest BCUT2D eigenvalue weighted by Crippen LogP contribution is 2.18. The summed E-state index contributed by atoms with van der Waals surface area (Å²) in [6.07, 6.45) is 5.06. The number of aliphatic hydroxyl groups is 1. The van der Waals surface area contributed by atoms with E-state index in [1.807, 2.05) is 0 Å². The van der Waals surface area contributed by atoms with Gasteiger partial charge in [0.15, 0.2) is 0 Å². The van der Waals surface area contributed by atoms with Crippen LogP contribution in [0, 0.1) is 5.41 Å². The van der Waals surface area contributed by atoms with Crippen molar-refractivity contribution in [3.05, 3.63) is 0 Å². The Morgan fingerprint density at radius 3 is 2.80 bits per heavy atom. The molecular formula is C12H25NO2. The van der Waals surface area contributed by atoms with Gasteiger partial charge >= 0.3 is 0 Å². The molecule has 90 valence electrons. The Kier molecular flexibility index (Phi) is 5.58. The molecule has 1 aliphatic rings. The number of aliphatic hydroxyl groups excluding tert-OH is 1. The summed E-state index contributed by atoms with van der Waals surface area (Å²) in [5.74, 6) is 0. The molecule has 0 amide bonds. The van der Waals surface area contributed by atoms with Gasteiger partial charge < -0.3 is 15.2 Å². The summed E-state index contributed by atoms with van der Waals surface area (Å²) < 4.78 is 5.63. The number of ether oxygens (including phenoxy) is 1. The van der Waals surface area contributed by atoms with Crippen LogP contribution < -0.4 is 5.32 Å². The summed E-state index contributed by atoms with van der Waals surface area (Å²) in [6.45, 7) is 7.20. The second-order valence-corrected chi connectivity index (χ2v) is 4.94. The van der Waals surface area contributed by atoms with E-state index < -0.39 is 0 Å². The molecule has 1 saturated heterocycles. The molecule has 0 aromatic carbocycles. The van der Waals surface area contributed by atoms with Crippen LogP contribution in [-0.2, 0) is 4.74 Å². The molecule has 0 bridgehead atoms. The number of nitrogens with one attached hydrogen (secondary N) is 1. The Hall–Kier alpha value is -0.120. The first-order chi connectivity index (χ1) is 7.20. The first-order valence-corrected chi connectivity index (χ1v) is 6.13. The van der Waals surface area contributed by atoms with E-state index in [2.05, 4.69) is 19.2 Å². The number of rotatable bonds is 6. The van der Waals surface area contributed by atoms with Crippen LogP contribution >= 0.6 is 0 Å². The molecule has 1 heterocycles. The zero-order valence-corrected chi connectivity index (χ0v) is 10.1. The molecule has 0 aliphatic carbocycles. The van der Waals surface area contributed by atoms with Crippen molar-refractivity contribution in [1.82, 2.24) is 5.32 Å². The van der Waals surface area contributed by atoms with Crippen molar-refractivity contribution in [1.29, 1.82) is 0 Å². The van der Waals surface area contributed by atoms with Crippen molar-refractivity contribution < 1.29 is 9.84 Å². The molecule has 2 atom stereocenters. The van der Waals surface area contributed by atoms with Gasteiger partial charge in [0.25, 0.3) is 0 Å². The molecule has 1 fully saturated rings. The summed E-state index contributed by atoms with van der Waals surface area (Å²) in [6, 6.07) is 0. The minimum absolute atomic E-state index is 0.0225. The third-order valence-electron chi connectivity index (χ3n) is 3.43. The quantitative estimate of drug-likeness (QED) is 0.706. The normalized spacial score (nSPS) is 26.2. The molecule has 0 saturated carbocycles. The van der Waals surface area contributed by atoms with Crippen molar-refractivity contribution in [3.8, 4) is 0 Å². The molecule has 3 nitrogen and oxygen atoms in total. The predicted molar refractivity (Wildman–Crippen MR) is 61.9 cm³/mol. The van der Waals surface area contributed by atoms with Crippen LogP contribution in [-0.4, -0.2) is 37.5 Å². The molecular weight excluding hydrogens is 190 g/mol. The fraction of sp³-hybridized carbons (Fsp3) is 1.00. The van der Waals surface area contributed by atoms with Crippen molar-refractivity contribution in [2.45, 2.75) is 45.6 Å². The molecule has 1 aliphatic heterocycles. The molecule has 0 aromatic rings. The maximum absolute atomic E-state index is 9.25. The second kappa shape index (κ2) is 6.46. The van der Waals surface area contributed by atoms with Gasteiger partial charge in [-0.2, -0.15) is 0 Å². The van der Waals surface area contributed by atoms with Crippen molar-refractivity contribution in [2.24, 2.45) is 5.41 Å². The SMILES string of the molecule is CCC(C)(CO)CNCC1CCCCO1. The molecule has 0 radical (unpaired) electrons. The van der Waals surface area contributed by atoms with Gasteiger partial charge in [0.2, 0.25) is 0 Å². The fourth-order valence-corrected chi connectivity index (χ4v) is 1.80. The summed E-state index contributed by atoms with van der Waals surface area (Å²) >= 11 is 0. The standard InChI is InChI=1S/C12H25NO2/c1-3-12(2,10-14)9-13-8-11-6-4-5-7-15-11/h11,13-14H,3-10H2,1-2H3. The van der Waals surface area contributed by atoms with Gasteiger partial charge in [-0.15, -0.1) is 0 Å². The van der Waals surface area contributed by atoms with Gasteiger partial charge in [-0.05, 0) is 25.7 Å². The van der Waals surface area contributed by atoms with E-state index in [1.54, 1.807) is 0 Å². The molecule has 0 spiro atoms. The molecule has 15 heavy (non-hydrogen) atoms. The van der Waals surface area contributed by atoms with Crippen molar-refractivity contribution in [2.75, 3.05) is 26.3 Å². The van der Waals surface area contributed by atoms with Crippen LogP contribution in [0.2, 0.25) is 0 Å². The van der Waals surface area contributed by atoms with E-state index in [0.717, 1.165) is 26.1 Å². The van der Waals surface area contributed by atoms with Gasteiger partial charge in [-0.25, -0.2) is 0 Å². The lowest BCUT2D eigenvalue weighted by atomic mass is 9.88. The Labute approximate surface area is 93.2 Å². The second-order valence-electron chi connectivity index (χ2n) is 4.94. The van der Waals surface area contributed by atoms with E-state index >= 15 is 0 Å². The smallest absolute Gasteiger partial charge is 0.0699 e. The lowest BCUT2D eigenvalue weighted by molar-refractivity contribution is 0.0142. The summed E-state index contributed by atoms with van der Waals surface area (Å²) in [7, 11) is 0. The maximum atomic E-state index is 9.25. The van der Waals surface area contributed by atoms with Gasteiger partial charge in [0.1, 0.15) is 0 Å². The minimum atomic E-state index is 0.0225. The van der Waals surface area contributed by atoms with Crippen LogP contribution in [0.1, 0.15) is 39.5 Å². The molecule has 2 unspecified atom stereocenters. The first kappa shape index (κ1) is 12.9. The number of hydrogen-bond donors (Lipinski definition) is 2. The zero-order valence-electron chi connectivity index (χ0n) is 10.1. The van der Waals surface area contributed by atoms with E-state index in [9.17, 15) is 5.11 Å². The van der Waals surface area contributed by atoms with Gasteiger partial charge in [0.05, 0.1) is 6.10 Å². The van der Waals surface area contributed by atoms with Crippen LogP contribution in [0.4, 0.5) is 0 Å². The summed E-state index contributed by atoms with van der Waals surface area (Å²) in [5.41, 5.74) is 0.0225. The van der Waals surface area contributed by atoms with E-state index in [0.29, 0.717) is 6.10 Å². The first-order valence-electron chi connectivity index (χ1n) is 6.13. The highest BCUT2D eigenvalue weighted by molar-refractivity contribution is 4.76. The Bertz CT molecular complexity index is 163. The third kappa shape index (κ3) is 4.49. The Morgan fingerprint density at radius 2 is 2.27 bits per heavy atom. The van der Waals surface area contributed by atoms with Gasteiger partial charge in [-0.3, -0.25) is 0 Å². The fourth-order valence-electron chi connectivity index (χ4n) is 1.80. The number of hydrogen-bond acceptors (Lipinski definition) is 3. The van der Waals surface area contributed by atoms with Gasteiger partial charge in [-0.1, -0.05) is 13.8 Å². The molecule has 1 rings (SSSR count). The zero-order chi connectivity index (χ0) is 11.1. The van der Waals surface area contributed by atoms with Crippen LogP contribution in [0.3, 0.4) is 0 Å². The lowest BCUT2D eigenvalue weighted by Crippen LogP contribution is -2.39. The topological polar surface area (TPSA) is 41.5 Å². The van der Waals surface area contributed by atoms with Crippen LogP contribution in [0.25, 0.3) is 0 Å². The minimum Gasteiger partial charge on any atom is -0.396 e. The van der Waals surface area contributed by atoms with Crippen LogP contribution in [0.15, 0.2) is 0 Å². The third-order valence-corrected chi connectivity index (χ3v) is 3.43. The van der Waals surface area contributed by atoms with Crippen molar-refractivity contribution in [3.63, 3.8) is 0 Å². The molecule has 2 N–H and O–H groups in total. The van der Waals surface area contributed by atoms with Gasteiger partial charge in [0, 0.05) is 31.7 Å². The van der Waals surface area contributed by atoms with Crippen LogP contribution in [0.5, 0.6) is 0 Å². The Balaban J connectivity index is 2.14. The highest BCUT2D eigenvalue weighted by atomic mass is 16.5. The average Bonchev–Trinajstić information content (AvgIpc) is 2.30. The van der Waals surface area contributed by atoms with E-state index in [4.69, 9.17) is 4.74 Å². The maximum Gasteiger partial charge on any atom is 0.0699 e. The lowest BCUT2D eigenvalue weighted by Gasteiger charge is -2.28. The predicted octanol–water partition coefficient (Wildman–Crippen LogP) is 1.55. The van der Waals surface area contributed by atoms with E-state index in [-0.39, 0.29) is 12.0 Å². The summed E-state index contributed by atoms with van der Waals surface area (Å²) in [4.78, 5) is 0. The molecule has 0 aromatic heterocycles. The van der Waals surface area contributed by atoms with Crippen molar-refractivity contribution >= 4 is 0 Å². The highest BCUT2D eigenvalue weighted by Gasteiger charge is 2.21. The summed E-state index contributed by atoms with van der Waals surface area (Å²) in [5, 5.41) is 12.7. The van der Waals surface area contributed by atoms with E-state index in [1.165, 1.54) is 19.3 Å². The molecule has 3 heteroatoms. The monoisotopic (exact) mass is 215 g/mol. The average molecular weight is 215 g/mol. The Morgan fingerprint density at radius 1 is 1.47 bits per heavy atom.